The number of aryl methyl sites for hydroxylation is 2. The first kappa shape index (κ1) is 44.9. The van der Waals surface area contributed by atoms with Crippen molar-refractivity contribution in [3.05, 3.63) is 52.1 Å². The van der Waals surface area contributed by atoms with Gasteiger partial charge in [-0.2, -0.15) is 10.2 Å². The van der Waals surface area contributed by atoms with E-state index in [9.17, 15) is 9.59 Å². The van der Waals surface area contributed by atoms with Gasteiger partial charge >= 0.3 is 19.3 Å². The molecule has 0 radical (unpaired) electrons. The van der Waals surface area contributed by atoms with E-state index in [1.54, 1.807) is 55.5 Å². The maximum Gasteiger partial charge on any atom is 0.490 e. The molecule has 0 aromatic carbocycles. The Morgan fingerprint density at radius 3 is 1.62 bits per heavy atom. The maximum atomic E-state index is 12.1. The van der Waals surface area contributed by atoms with E-state index in [4.69, 9.17) is 30.4 Å². The normalized spacial score (nSPS) is 17.7. The number of nitrogens with zero attached hydrogens (tertiary/aromatic N) is 10. The molecular formula is C38H54BClN10O6S2. The quantitative estimate of drug-likeness (QED) is 0.184. The molecule has 7 rings (SSSR count). The van der Waals surface area contributed by atoms with Crippen LogP contribution in [0.5, 0.6) is 0 Å². The van der Waals surface area contributed by atoms with Gasteiger partial charge in [0.1, 0.15) is 28.9 Å². The Labute approximate surface area is 353 Å². The smallest absolute Gasteiger partial charge is 0.444 e. The van der Waals surface area contributed by atoms with E-state index in [-0.39, 0.29) is 30.5 Å². The van der Waals surface area contributed by atoms with Crippen LogP contribution in [0.15, 0.2) is 42.7 Å². The van der Waals surface area contributed by atoms with E-state index >= 15 is 0 Å². The van der Waals surface area contributed by atoms with Crippen molar-refractivity contribution in [3.8, 4) is 21.4 Å². The van der Waals surface area contributed by atoms with Crippen molar-refractivity contribution in [1.29, 1.82) is 0 Å². The van der Waals surface area contributed by atoms with Gasteiger partial charge < -0.3 is 28.6 Å². The van der Waals surface area contributed by atoms with Gasteiger partial charge in [-0.05, 0) is 93.1 Å². The summed E-state index contributed by atoms with van der Waals surface area (Å²) in [5.41, 5.74) is 0.662. The zero-order valence-corrected chi connectivity index (χ0v) is 37.8. The van der Waals surface area contributed by atoms with Crippen LogP contribution in [0.1, 0.15) is 87.1 Å². The molecule has 0 unspecified atom stereocenters. The van der Waals surface area contributed by atoms with Gasteiger partial charge in [-0.1, -0.05) is 35.1 Å². The molecule has 0 spiro atoms. The summed E-state index contributed by atoms with van der Waals surface area (Å²) in [5, 5.41) is 9.37. The van der Waals surface area contributed by atoms with Crippen molar-refractivity contribution in [2.75, 3.05) is 26.2 Å². The minimum absolute atomic E-state index is 0.267. The number of carbonyl (C=O) groups is 2. The summed E-state index contributed by atoms with van der Waals surface area (Å²) in [6, 6.07) is 0. The molecule has 1 saturated heterocycles. The zero-order chi connectivity index (χ0) is 42.6. The van der Waals surface area contributed by atoms with E-state index in [1.807, 2.05) is 95.5 Å². The topological polar surface area (TPSA) is 165 Å². The molecule has 3 aliphatic heterocycles. The summed E-state index contributed by atoms with van der Waals surface area (Å²) in [6.07, 6.45) is 11.8. The summed E-state index contributed by atoms with van der Waals surface area (Å²) >= 11 is 8.61. The van der Waals surface area contributed by atoms with Crippen LogP contribution in [0.4, 0.5) is 9.59 Å². The molecule has 4 aromatic rings. The predicted octanol–water partition coefficient (Wildman–Crippen LogP) is 7.74. The van der Waals surface area contributed by atoms with Crippen LogP contribution in [0.25, 0.3) is 27.0 Å². The summed E-state index contributed by atoms with van der Waals surface area (Å²) in [5.74, 6) is 1.36. The summed E-state index contributed by atoms with van der Waals surface area (Å²) in [4.78, 5) is 46.1. The highest BCUT2D eigenvalue weighted by Crippen LogP contribution is 2.39. The van der Waals surface area contributed by atoms with Crippen molar-refractivity contribution in [2.24, 2.45) is 14.1 Å². The number of ether oxygens (including phenoxy) is 2. The van der Waals surface area contributed by atoms with Crippen LogP contribution in [-0.2, 0) is 32.9 Å². The van der Waals surface area contributed by atoms with Gasteiger partial charge in [0.15, 0.2) is 16.1 Å². The fourth-order valence-corrected chi connectivity index (χ4v) is 7.32. The van der Waals surface area contributed by atoms with E-state index in [0.717, 1.165) is 38.6 Å². The second-order valence-electron chi connectivity index (χ2n) is 16.9. The number of halogens is 1. The van der Waals surface area contributed by atoms with E-state index < -0.39 is 11.2 Å². The third kappa shape index (κ3) is 12.2. The Morgan fingerprint density at radius 1 is 0.741 bits per heavy atom. The number of amides is 2. The molecule has 314 valence electrons. The molecule has 3 aliphatic rings. The number of thiazole rings is 2. The van der Waals surface area contributed by atoms with Crippen LogP contribution in [0, 0.1) is 0 Å². The van der Waals surface area contributed by atoms with Crippen molar-refractivity contribution in [1.82, 2.24) is 49.3 Å². The van der Waals surface area contributed by atoms with Gasteiger partial charge in [-0.15, -0.1) is 11.3 Å². The van der Waals surface area contributed by atoms with Crippen LogP contribution < -0.4 is 0 Å². The summed E-state index contributed by atoms with van der Waals surface area (Å²) in [6.45, 7) is 21.8. The van der Waals surface area contributed by atoms with Gasteiger partial charge in [0.05, 0.1) is 27.2 Å². The molecule has 4 aromatic heterocycles. The minimum Gasteiger partial charge on any atom is -0.444 e. The SMILES string of the molecule is CC(C)(C)OC(=O)N1CC=C(B2OC(C)(C)C(C)(C)O2)CC1.Cn1cnc(-c2cnc(C3=CCN(C(=O)OC(C)(C)C)CC3)s2)n1.Cn1cnc(-c2cnc(Cl)s2)n1. The van der Waals surface area contributed by atoms with Crippen LogP contribution in [-0.4, -0.2) is 117 Å². The van der Waals surface area contributed by atoms with Gasteiger partial charge in [-0.25, -0.2) is 29.5 Å². The molecule has 20 heteroatoms. The molecule has 0 bridgehead atoms. The van der Waals surface area contributed by atoms with Crippen LogP contribution >= 0.6 is 34.3 Å². The lowest BCUT2D eigenvalue weighted by atomic mass is 9.75. The standard InChI is InChI=1S/C16H28BNO4.C16H21N5O2S.C6H5ClN4S/c1-14(2,3)20-13(19)18-10-8-12(9-11-18)17-21-15(4,5)16(6,7)22-17;1-16(2,3)23-15(22)21-7-5-11(6-8-21)14-17-9-12(24-14)13-18-10-20(4)19-13;1-11-3-9-5(10-11)4-2-8-6(7)12-4/h8H,9-11H2,1-7H3;5,9-10H,6-8H2,1-4H3;2-3H,1H3. The van der Waals surface area contributed by atoms with Gasteiger partial charge in [0.2, 0.25) is 0 Å². The molecular weight excluding hydrogens is 803 g/mol. The lowest BCUT2D eigenvalue weighted by Crippen LogP contribution is -2.41. The number of rotatable bonds is 4. The van der Waals surface area contributed by atoms with Crippen molar-refractivity contribution in [3.63, 3.8) is 0 Å². The lowest BCUT2D eigenvalue weighted by molar-refractivity contribution is 0.00578. The Morgan fingerprint density at radius 2 is 1.22 bits per heavy atom. The summed E-state index contributed by atoms with van der Waals surface area (Å²) in [7, 11) is 3.35. The van der Waals surface area contributed by atoms with Gasteiger partial charge in [-0.3, -0.25) is 9.36 Å². The Balaban J connectivity index is 0.000000174. The fraction of sp³-hybridized carbons (Fsp3) is 0.579. The number of hydrogen-bond acceptors (Lipinski definition) is 14. The molecule has 58 heavy (non-hydrogen) atoms. The van der Waals surface area contributed by atoms with Crippen LogP contribution in [0.2, 0.25) is 4.47 Å². The number of hydrogen-bond donors (Lipinski definition) is 0. The van der Waals surface area contributed by atoms with E-state index in [1.165, 1.54) is 11.3 Å². The first-order chi connectivity index (χ1) is 27.0. The van der Waals surface area contributed by atoms with E-state index in [2.05, 4.69) is 30.1 Å². The first-order valence-corrected chi connectivity index (χ1v) is 21.0. The van der Waals surface area contributed by atoms with Gasteiger partial charge in [0.25, 0.3) is 0 Å². The highest BCUT2D eigenvalue weighted by atomic mass is 35.5. The highest BCUT2D eigenvalue weighted by molar-refractivity contribution is 7.18. The number of carbonyl (C=O) groups excluding carboxylic acids is 2. The molecule has 16 nitrogen and oxygen atoms in total. The predicted molar refractivity (Wildman–Crippen MR) is 226 cm³/mol. The largest absolute Gasteiger partial charge is 0.490 e. The average Bonchev–Trinajstić information content (AvgIpc) is 3.97. The monoisotopic (exact) mass is 856 g/mol. The van der Waals surface area contributed by atoms with Crippen LogP contribution in [0.3, 0.4) is 0 Å². The Bertz CT molecular complexity index is 2060. The Hall–Kier alpha value is -4.17. The van der Waals surface area contributed by atoms with Crippen molar-refractivity contribution >= 4 is 59.2 Å². The third-order valence-electron chi connectivity index (χ3n) is 9.21. The molecule has 1 fully saturated rings. The molecule has 0 aliphatic carbocycles. The van der Waals surface area contributed by atoms with E-state index in [0.29, 0.717) is 42.3 Å². The maximum absolute atomic E-state index is 12.1. The molecule has 7 heterocycles. The molecule has 2 amide bonds. The Kier molecular flexibility index (Phi) is 13.9. The third-order valence-corrected chi connectivity index (χ3v) is 11.4. The second kappa shape index (κ2) is 18.0. The van der Waals surface area contributed by atoms with Crippen molar-refractivity contribution < 1.29 is 28.4 Å². The first-order valence-electron chi connectivity index (χ1n) is 19.0. The average molecular weight is 857 g/mol. The molecule has 0 atom stereocenters. The highest BCUT2D eigenvalue weighted by Gasteiger charge is 2.52. The molecule has 0 N–H and O–H groups in total. The second-order valence-corrected chi connectivity index (χ2v) is 19.6. The summed E-state index contributed by atoms with van der Waals surface area (Å²) < 4.78 is 26.7. The minimum atomic E-state index is -0.471. The lowest BCUT2D eigenvalue weighted by Gasteiger charge is -2.32. The fourth-order valence-electron chi connectivity index (χ4n) is 5.53. The zero-order valence-electron chi connectivity index (χ0n) is 35.4. The number of aromatic nitrogens is 8. The molecule has 0 saturated carbocycles. The van der Waals surface area contributed by atoms with Crippen molar-refractivity contribution in [2.45, 2.75) is 104 Å². The van der Waals surface area contributed by atoms with Gasteiger partial charge in [0, 0.05) is 46.5 Å².